The van der Waals surface area contributed by atoms with E-state index in [0.717, 1.165) is 36.4 Å². The fraction of sp³-hybridized carbons (Fsp3) is 0.588. The molecule has 0 radical (unpaired) electrons. The molecular weight excluding hydrogens is 280 g/mol. The fourth-order valence-electron chi connectivity index (χ4n) is 2.36. The van der Waals surface area contributed by atoms with Crippen LogP contribution in [0, 0.1) is 5.92 Å². The number of nitrogens with zero attached hydrogens (tertiary/aromatic N) is 1. The lowest BCUT2D eigenvalue weighted by molar-refractivity contribution is 0.194. The van der Waals surface area contributed by atoms with Gasteiger partial charge >= 0.3 is 0 Å². The number of nitrogens with two attached hydrogens (primary N) is 1. The molecule has 4 heteroatoms. The summed E-state index contributed by atoms with van der Waals surface area (Å²) >= 11 is 4.99. The molecule has 0 amide bonds. The van der Waals surface area contributed by atoms with Crippen LogP contribution in [0.25, 0.3) is 0 Å². The van der Waals surface area contributed by atoms with Crippen molar-refractivity contribution >= 4 is 17.2 Å². The maximum Gasteiger partial charge on any atom is 0.120 e. The summed E-state index contributed by atoms with van der Waals surface area (Å²) in [6, 6.07) is 8.50. The molecule has 1 fully saturated rings. The van der Waals surface area contributed by atoms with E-state index in [9.17, 15) is 0 Å². The zero-order valence-corrected chi connectivity index (χ0v) is 13.9. The maximum absolute atomic E-state index is 5.86. The van der Waals surface area contributed by atoms with Gasteiger partial charge in [-0.2, -0.15) is 0 Å². The van der Waals surface area contributed by atoms with Crippen molar-refractivity contribution in [2.75, 3.05) is 19.7 Å². The van der Waals surface area contributed by atoms with Gasteiger partial charge in [0.1, 0.15) is 17.3 Å². The maximum atomic E-state index is 5.86. The Hall–Kier alpha value is -1.13. The molecular formula is C17H26N2OS. The molecule has 0 aliphatic heterocycles. The lowest BCUT2D eigenvalue weighted by atomic mass is 10.1. The van der Waals surface area contributed by atoms with Crippen LogP contribution in [-0.4, -0.2) is 35.6 Å². The Morgan fingerprint density at radius 2 is 2.14 bits per heavy atom. The van der Waals surface area contributed by atoms with Crippen LogP contribution in [0.5, 0.6) is 5.75 Å². The summed E-state index contributed by atoms with van der Waals surface area (Å²) in [6.07, 6.45) is 3.94. The van der Waals surface area contributed by atoms with Crippen LogP contribution in [-0.2, 0) is 0 Å². The first-order valence-electron chi connectivity index (χ1n) is 7.83. The molecule has 116 valence electrons. The van der Waals surface area contributed by atoms with Crippen molar-refractivity contribution < 1.29 is 4.74 Å². The average molecular weight is 306 g/mol. The van der Waals surface area contributed by atoms with E-state index in [-0.39, 0.29) is 0 Å². The molecule has 1 saturated carbocycles. The summed E-state index contributed by atoms with van der Waals surface area (Å²) in [5.74, 6) is 1.61. The van der Waals surface area contributed by atoms with Crippen molar-refractivity contribution in [2.45, 2.75) is 39.2 Å². The van der Waals surface area contributed by atoms with Crippen molar-refractivity contribution in [3.05, 3.63) is 29.8 Å². The molecule has 0 spiro atoms. The van der Waals surface area contributed by atoms with E-state index < -0.39 is 0 Å². The highest BCUT2D eigenvalue weighted by molar-refractivity contribution is 7.80. The van der Waals surface area contributed by atoms with E-state index in [2.05, 4.69) is 18.7 Å². The number of hydrogen-bond donors (Lipinski definition) is 1. The van der Waals surface area contributed by atoms with Crippen LogP contribution in [0.4, 0.5) is 0 Å². The van der Waals surface area contributed by atoms with Crippen molar-refractivity contribution in [1.82, 2.24) is 4.90 Å². The first-order chi connectivity index (χ1) is 10.1. The van der Waals surface area contributed by atoms with Crippen molar-refractivity contribution in [3.63, 3.8) is 0 Å². The van der Waals surface area contributed by atoms with E-state index in [1.807, 2.05) is 24.3 Å². The second kappa shape index (κ2) is 7.76. The minimum Gasteiger partial charge on any atom is -0.492 e. The lowest BCUT2D eigenvalue weighted by Gasteiger charge is -2.23. The highest BCUT2D eigenvalue weighted by Gasteiger charge is 2.28. The zero-order valence-electron chi connectivity index (χ0n) is 13.0. The highest BCUT2D eigenvalue weighted by atomic mass is 32.1. The number of thiocarbonyl (C=S) groups is 1. The van der Waals surface area contributed by atoms with Crippen LogP contribution in [0.1, 0.15) is 38.7 Å². The van der Waals surface area contributed by atoms with E-state index in [1.54, 1.807) is 0 Å². The van der Waals surface area contributed by atoms with Gasteiger partial charge in [0, 0.05) is 18.2 Å². The minimum atomic E-state index is 0.414. The summed E-state index contributed by atoms with van der Waals surface area (Å²) in [5, 5.41) is 0. The molecule has 0 unspecified atom stereocenters. The zero-order chi connectivity index (χ0) is 15.2. The standard InChI is InChI=1S/C17H26N2OS/c1-13(2)8-9-19(15-6-7-15)10-11-20-16-5-3-4-14(12-16)17(18)21/h3-5,12-13,15H,6-11H2,1-2H3,(H2,18,21). The second-order valence-corrected chi connectivity index (χ2v) is 6.63. The highest BCUT2D eigenvalue weighted by Crippen LogP contribution is 2.27. The molecule has 1 aliphatic carbocycles. The Balaban J connectivity index is 1.79. The lowest BCUT2D eigenvalue weighted by Crippen LogP contribution is -2.32. The van der Waals surface area contributed by atoms with Gasteiger partial charge in [0.15, 0.2) is 0 Å². The van der Waals surface area contributed by atoms with E-state index in [1.165, 1.54) is 25.8 Å². The van der Waals surface area contributed by atoms with Gasteiger partial charge in [-0.05, 0) is 43.9 Å². The normalized spacial score (nSPS) is 14.7. The first-order valence-corrected chi connectivity index (χ1v) is 8.24. The van der Waals surface area contributed by atoms with Gasteiger partial charge in [0.2, 0.25) is 0 Å². The number of ether oxygens (including phenoxy) is 1. The van der Waals surface area contributed by atoms with Gasteiger partial charge < -0.3 is 10.5 Å². The summed E-state index contributed by atoms with van der Waals surface area (Å²) in [6.45, 7) is 7.45. The Bertz CT molecular complexity index is 472. The van der Waals surface area contributed by atoms with Crippen molar-refractivity contribution in [1.29, 1.82) is 0 Å². The van der Waals surface area contributed by atoms with Gasteiger partial charge in [0.25, 0.3) is 0 Å². The molecule has 21 heavy (non-hydrogen) atoms. The number of hydrogen-bond acceptors (Lipinski definition) is 3. The van der Waals surface area contributed by atoms with Crippen molar-refractivity contribution in [2.24, 2.45) is 11.7 Å². The molecule has 1 aromatic rings. The predicted octanol–water partition coefficient (Wildman–Crippen LogP) is 3.21. The molecule has 0 saturated heterocycles. The molecule has 0 aromatic heterocycles. The summed E-state index contributed by atoms with van der Waals surface area (Å²) in [7, 11) is 0. The van der Waals surface area contributed by atoms with Crippen LogP contribution in [0.3, 0.4) is 0 Å². The molecule has 3 nitrogen and oxygen atoms in total. The van der Waals surface area contributed by atoms with Crippen LogP contribution in [0.2, 0.25) is 0 Å². The fourth-order valence-corrected chi connectivity index (χ4v) is 2.49. The third-order valence-corrected chi connectivity index (χ3v) is 4.06. The smallest absolute Gasteiger partial charge is 0.120 e. The Morgan fingerprint density at radius 1 is 1.38 bits per heavy atom. The predicted molar refractivity (Wildman–Crippen MR) is 91.9 cm³/mol. The van der Waals surface area contributed by atoms with Crippen LogP contribution in [0.15, 0.2) is 24.3 Å². The summed E-state index contributed by atoms with van der Waals surface area (Å²) in [5.41, 5.74) is 6.51. The SMILES string of the molecule is CC(C)CCN(CCOc1cccc(C(N)=S)c1)C1CC1. The summed E-state index contributed by atoms with van der Waals surface area (Å²) < 4.78 is 5.86. The molecule has 0 heterocycles. The van der Waals surface area contributed by atoms with Gasteiger partial charge in [-0.1, -0.05) is 38.2 Å². The Morgan fingerprint density at radius 3 is 2.76 bits per heavy atom. The van der Waals surface area contributed by atoms with Gasteiger partial charge in [-0.25, -0.2) is 0 Å². The van der Waals surface area contributed by atoms with Gasteiger partial charge in [-0.15, -0.1) is 0 Å². The Kier molecular flexibility index (Phi) is 6.00. The van der Waals surface area contributed by atoms with Crippen molar-refractivity contribution in [3.8, 4) is 5.75 Å². The molecule has 0 atom stereocenters. The van der Waals surface area contributed by atoms with E-state index >= 15 is 0 Å². The molecule has 2 N–H and O–H groups in total. The van der Waals surface area contributed by atoms with Gasteiger partial charge in [-0.3, -0.25) is 4.90 Å². The van der Waals surface area contributed by atoms with E-state index in [0.29, 0.717) is 4.99 Å². The largest absolute Gasteiger partial charge is 0.492 e. The monoisotopic (exact) mass is 306 g/mol. The van der Waals surface area contributed by atoms with Crippen LogP contribution >= 0.6 is 12.2 Å². The second-order valence-electron chi connectivity index (χ2n) is 6.19. The Labute approximate surface area is 133 Å². The minimum absolute atomic E-state index is 0.414. The van der Waals surface area contributed by atoms with Crippen LogP contribution < -0.4 is 10.5 Å². The molecule has 1 aromatic carbocycles. The van der Waals surface area contributed by atoms with E-state index in [4.69, 9.17) is 22.7 Å². The first kappa shape index (κ1) is 16.2. The topological polar surface area (TPSA) is 38.5 Å². The molecule has 0 bridgehead atoms. The molecule has 2 rings (SSSR count). The average Bonchev–Trinajstić information content (AvgIpc) is 3.27. The quantitative estimate of drug-likeness (QED) is 0.711. The third kappa shape index (κ3) is 5.64. The third-order valence-electron chi connectivity index (χ3n) is 3.82. The van der Waals surface area contributed by atoms with Gasteiger partial charge in [0.05, 0.1) is 0 Å². The number of benzene rings is 1. The number of rotatable bonds is 9. The molecule has 1 aliphatic rings. The summed E-state index contributed by atoms with van der Waals surface area (Å²) in [4.78, 5) is 2.98.